The number of benzene rings is 1. The highest BCUT2D eigenvalue weighted by atomic mass is 79.9. The summed E-state index contributed by atoms with van der Waals surface area (Å²) < 4.78 is 1.19. The topological polar surface area (TPSA) is 29.3 Å². The molecule has 0 radical (unpaired) electrons. The molecule has 0 aromatic heterocycles. The SMILES string of the molecule is CC1CCN(Cc2ccc(CN)cc2Br)C(C)C1. The minimum Gasteiger partial charge on any atom is -0.326 e. The zero-order chi connectivity index (χ0) is 13.1. The summed E-state index contributed by atoms with van der Waals surface area (Å²) in [6, 6.07) is 7.18. The maximum atomic E-state index is 5.66. The van der Waals surface area contributed by atoms with Gasteiger partial charge in [0.05, 0.1) is 0 Å². The molecule has 1 heterocycles. The molecule has 0 bridgehead atoms. The Morgan fingerprint density at radius 3 is 2.78 bits per heavy atom. The zero-order valence-corrected chi connectivity index (χ0v) is 12.9. The second-order valence-electron chi connectivity index (χ2n) is 5.58. The van der Waals surface area contributed by atoms with E-state index in [9.17, 15) is 0 Å². The van der Waals surface area contributed by atoms with Crippen LogP contribution >= 0.6 is 15.9 Å². The molecule has 1 aliphatic heterocycles. The third-order valence-electron chi connectivity index (χ3n) is 4.00. The first-order chi connectivity index (χ1) is 8.60. The van der Waals surface area contributed by atoms with E-state index in [-0.39, 0.29) is 0 Å². The lowest BCUT2D eigenvalue weighted by Crippen LogP contribution is -2.39. The number of piperidine rings is 1. The largest absolute Gasteiger partial charge is 0.326 e. The van der Waals surface area contributed by atoms with Gasteiger partial charge in [0, 0.05) is 23.6 Å². The van der Waals surface area contributed by atoms with Gasteiger partial charge in [0.1, 0.15) is 0 Å². The van der Waals surface area contributed by atoms with Gasteiger partial charge in [-0.1, -0.05) is 35.0 Å². The van der Waals surface area contributed by atoms with E-state index in [2.05, 4.69) is 52.9 Å². The fourth-order valence-electron chi connectivity index (χ4n) is 2.76. The molecule has 1 aromatic rings. The van der Waals surface area contributed by atoms with Crippen molar-refractivity contribution in [3.63, 3.8) is 0 Å². The molecule has 2 N–H and O–H groups in total. The predicted octanol–water partition coefficient (Wildman–Crippen LogP) is 3.53. The number of likely N-dealkylation sites (tertiary alicyclic amines) is 1. The van der Waals surface area contributed by atoms with Gasteiger partial charge < -0.3 is 5.73 Å². The Hall–Kier alpha value is -0.380. The molecule has 0 aliphatic carbocycles. The van der Waals surface area contributed by atoms with Crippen molar-refractivity contribution in [1.29, 1.82) is 0 Å². The van der Waals surface area contributed by atoms with E-state index in [0.717, 1.165) is 12.5 Å². The average molecular weight is 311 g/mol. The molecular weight excluding hydrogens is 288 g/mol. The summed E-state index contributed by atoms with van der Waals surface area (Å²) >= 11 is 3.66. The third-order valence-corrected chi connectivity index (χ3v) is 4.74. The van der Waals surface area contributed by atoms with E-state index in [1.807, 2.05) is 0 Å². The van der Waals surface area contributed by atoms with Crippen molar-refractivity contribution in [2.75, 3.05) is 6.54 Å². The van der Waals surface area contributed by atoms with E-state index in [1.54, 1.807) is 0 Å². The molecule has 2 atom stereocenters. The smallest absolute Gasteiger partial charge is 0.0247 e. The first-order valence-corrected chi connectivity index (χ1v) is 7.61. The van der Waals surface area contributed by atoms with Gasteiger partial charge in [-0.25, -0.2) is 0 Å². The van der Waals surface area contributed by atoms with Crippen molar-refractivity contribution < 1.29 is 0 Å². The van der Waals surface area contributed by atoms with Crippen molar-refractivity contribution in [2.45, 2.75) is 45.8 Å². The van der Waals surface area contributed by atoms with Crippen LogP contribution in [-0.4, -0.2) is 17.5 Å². The zero-order valence-electron chi connectivity index (χ0n) is 11.3. The number of hydrogen-bond acceptors (Lipinski definition) is 2. The van der Waals surface area contributed by atoms with Gasteiger partial charge in [-0.3, -0.25) is 4.90 Å². The normalized spacial score (nSPS) is 25.3. The third kappa shape index (κ3) is 3.34. The number of nitrogens with zero attached hydrogens (tertiary/aromatic N) is 1. The standard InChI is InChI=1S/C15H23BrN2/c1-11-5-6-18(12(2)7-11)10-14-4-3-13(9-17)8-15(14)16/h3-4,8,11-12H,5-7,9-10,17H2,1-2H3. The Morgan fingerprint density at radius 1 is 1.39 bits per heavy atom. The summed E-state index contributed by atoms with van der Waals surface area (Å²) in [5.74, 6) is 0.874. The Labute approximate surface area is 119 Å². The lowest BCUT2D eigenvalue weighted by molar-refractivity contribution is 0.122. The van der Waals surface area contributed by atoms with Gasteiger partial charge in [0.15, 0.2) is 0 Å². The van der Waals surface area contributed by atoms with E-state index < -0.39 is 0 Å². The number of halogens is 1. The molecule has 3 heteroatoms. The van der Waals surface area contributed by atoms with Gasteiger partial charge in [-0.15, -0.1) is 0 Å². The molecule has 1 aliphatic rings. The van der Waals surface area contributed by atoms with Gasteiger partial charge in [0.25, 0.3) is 0 Å². The summed E-state index contributed by atoms with van der Waals surface area (Å²) in [5, 5.41) is 0. The molecule has 0 amide bonds. The molecule has 100 valence electrons. The fourth-order valence-corrected chi connectivity index (χ4v) is 3.31. The molecule has 2 nitrogen and oxygen atoms in total. The van der Waals surface area contributed by atoms with Crippen molar-refractivity contribution in [1.82, 2.24) is 4.90 Å². The number of nitrogens with two attached hydrogens (primary N) is 1. The van der Waals surface area contributed by atoms with Crippen molar-refractivity contribution in [2.24, 2.45) is 11.7 Å². The van der Waals surface area contributed by atoms with Crippen LogP contribution in [0.2, 0.25) is 0 Å². The van der Waals surface area contributed by atoms with Crippen LogP contribution in [-0.2, 0) is 13.1 Å². The molecule has 1 fully saturated rings. The number of hydrogen-bond donors (Lipinski definition) is 1. The number of rotatable bonds is 3. The highest BCUT2D eigenvalue weighted by Gasteiger charge is 2.23. The van der Waals surface area contributed by atoms with E-state index >= 15 is 0 Å². The highest BCUT2D eigenvalue weighted by Crippen LogP contribution is 2.26. The highest BCUT2D eigenvalue weighted by molar-refractivity contribution is 9.10. The average Bonchev–Trinajstić information content (AvgIpc) is 2.34. The van der Waals surface area contributed by atoms with Crippen LogP contribution in [0, 0.1) is 5.92 Å². The monoisotopic (exact) mass is 310 g/mol. The lowest BCUT2D eigenvalue weighted by atomic mass is 9.93. The molecule has 1 saturated heterocycles. The van der Waals surface area contributed by atoms with Crippen LogP contribution in [0.15, 0.2) is 22.7 Å². The van der Waals surface area contributed by atoms with Gasteiger partial charge in [0.2, 0.25) is 0 Å². The summed E-state index contributed by atoms with van der Waals surface area (Å²) in [5.41, 5.74) is 8.21. The molecule has 18 heavy (non-hydrogen) atoms. The second-order valence-corrected chi connectivity index (χ2v) is 6.43. The van der Waals surface area contributed by atoms with Crippen LogP contribution in [0.5, 0.6) is 0 Å². The van der Waals surface area contributed by atoms with E-state index in [1.165, 1.54) is 35.0 Å². The van der Waals surface area contributed by atoms with Crippen LogP contribution < -0.4 is 5.73 Å². The quantitative estimate of drug-likeness (QED) is 0.925. The maximum absolute atomic E-state index is 5.66. The van der Waals surface area contributed by atoms with Crippen molar-refractivity contribution >= 4 is 15.9 Å². The van der Waals surface area contributed by atoms with Crippen LogP contribution in [0.4, 0.5) is 0 Å². The lowest BCUT2D eigenvalue weighted by Gasteiger charge is -2.36. The Kier molecular flexibility index (Phi) is 4.82. The van der Waals surface area contributed by atoms with Gasteiger partial charge in [-0.05, 0) is 49.4 Å². The summed E-state index contributed by atoms with van der Waals surface area (Å²) in [7, 11) is 0. The summed E-state index contributed by atoms with van der Waals surface area (Å²) in [4.78, 5) is 2.59. The minimum atomic E-state index is 0.608. The molecular formula is C15H23BrN2. The van der Waals surface area contributed by atoms with Crippen LogP contribution in [0.25, 0.3) is 0 Å². The molecule has 2 unspecified atom stereocenters. The molecule has 1 aromatic carbocycles. The Balaban J connectivity index is 2.05. The summed E-state index contributed by atoms with van der Waals surface area (Å²) in [6.45, 7) is 7.57. The van der Waals surface area contributed by atoms with Crippen LogP contribution in [0.3, 0.4) is 0 Å². The van der Waals surface area contributed by atoms with E-state index in [0.29, 0.717) is 12.6 Å². The van der Waals surface area contributed by atoms with Gasteiger partial charge in [-0.2, -0.15) is 0 Å². The summed E-state index contributed by atoms with van der Waals surface area (Å²) in [6.07, 6.45) is 2.64. The minimum absolute atomic E-state index is 0.608. The molecule has 0 saturated carbocycles. The van der Waals surface area contributed by atoms with Crippen LogP contribution in [0.1, 0.15) is 37.8 Å². The first kappa shape index (κ1) is 14.0. The predicted molar refractivity (Wildman–Crippen MR) is 80.3 cm³/mol. The van der Waals surface area contributed by atoms with E-state index in [4.69, 9.17) is 5.73 Å². The molecule has 0 spiro atoms. The maximum Gasteiger partial charge on any atom is 0.0247 e. The van der Waals surface area contributed by atoms with Crippen molar-refractivity contribution in [3.05, 3.63) is 33.8 Å². The fraction of sp³-hybridized carbons (Fsp3) is 0.600. The molecule has 2 rings (SSSR count). The Morgan fingerprint density at radius 2 is 2.17 bits per heavy atom. The Bertz CT molecular complexity index is 405. The van der Waals surface area contributed by atoms with Gasteiger partial charge >= 0.3 is 0 Å². The van der Waals surface area contributed by atoms with Crippen molar-refractivity contribution in [3.8, 4) is 0 Å². The first-order valence-electron chi connectivity index (χ1n) is 6.81. The second kappa shape index (κ2) is 6.18.